The third-order valence-electron chi connectivity index (χ3n) is 7.91. The Kier molecular flexibility index (Phi) is 7.86. The van der Waals surface area contributed by atoms with Crippen LogP contribution in [0.2, 0.25) is 0 Å². The number of aromatic nitrogens is 4. The molecule has 6 rings (SSSR count). The molecule has 210 valence electrons. The van der Waals surface area contributed by atoms with E-state index in [9.17, 15) is 0 Å². The first-order valence-corrected chi connectivity index (χ1v) is 14.5. The number of hydrogen-bond acceptors (Lipinski definition) is 4. The molecule has 1 saturated heterocycles. The molecular weight excluding hydrogens is 508 g/mol. The molecule has 0 saturated carbocycles. The molecule has 5 aromatic rings. The van der Waals surface area contributed by atoms with Crippen LogP contribution in [-0.2, 0) is 22.6 Å². The van der Waals surface area contributed by atoms with E-state index in [1.807, 2.05) is 19.1 Å². The standard InChI is InChI=1S/C35H38N4O2/c1-26-22-27(2)39(37-26)21-13-20-35(3)24-40-34(41-25-35)33-36-31(29-16-9-5-10-17-29)32(30-18-11-6-12-19-30)38(33)23-28-14-7-4-8-15-28/h4-12,14-19,22,34H,13,20-21,23-25H2,1-3H3. The zero-order chi connectivity index (χ0) is 28.2. The Labute approximate surface area is 242 Å². The molecule has 0 amide bonds. The molecule has 3 heterocycles. The van der Waals surface area contributed by atoms with Gasteiger partial charge >= 0.3 is 0 Å². The van der Waals surface area contributed by atoms with Crippen molar-refractivity contribution in [3.8, 4) is 22.5 Å². The molecule has 0 radical (unpaired) electrons. The van der Waals surface area contributed by atoms with E-state index >= 15 is 0 Å². The Morgan fingerprint density at radius 2 is 1.44 bits per heavy atom. The first kappa shape index (κ1) is 27.2. The minimum Gasteiger partial charge on any atom is -0.345 e. The Morgan fingerprint density at radius 1 is 0.829 bits per heavy atom. The summed E-state index contributed by atoms with van der Waals surface area (Å²) >= 11 is 0. The first-order valence-electron chi connectivity index (χ1n) is 14.5. The number of imidazole rings is 1. The molecule has 0 unspecified atom stereocenters. The zero-order valence-corrected chi connectivity index (χ0v) is 24.2. The molecule has 1 aliphatic rings. The first-order chi connectivity index (χ1) is 20.0. The van der Waals surface area contributed by atoms with Gasteiger partial charge < -0.3 is 14.0 Å². The highest BCUT2D eigenvalue weighted by Gasteiger charge is 2.36. The van der Waals surface area contributed by atoms with Gasteiger partial charge in [0.1, 0.15) is 0 Å². The summed E-state index contributed by atoms with van der Waals surface area (Å²) in [6, 6.07) is 33.6. The highest BCUT2D eigenvalue weighted by molar-refractivity contribution is 5.79. The van der Waals surface area contributed by atoms with Crippen molar-refractivity contribution in [2.75, 3.05) is 13.2 Å². The van der Waals surface area contributed by atoms with Gasteiger partial charge in [0.05, 0.1) is 30.3 Å². The van der Waals surface area contributed by atoms with Crippen LogP contribution in [0.15, 0.2) is 97.1 Å². The van der Waals surface area contributed by atoms with Crippen LogP contribution in [0.25, 0.3) is 22.5 Å². The summed E-state index contributed by atoms with van der Waals surface area (Å²) < 4.78 is 17.4. The second kappa shape index (κ2) is 11.9. The quantitative estimate of drug-likeness (QED) is 0.191. The normalized spacial score (nSPS) is 19.0. The average Bonchev–Trinajstić information content (AvgIpc) is 3.53. The van der Waals surface area contributed by atoms with E-state index in [1.165, 1.54) is 11.3 Å². The van der Waals surface area contributed by atoms with Crippen LogP contribution < -0.4 is 0 Å². The Hall–Kier alpha value is -4.00. The second-order valence-corrected chi connectivity index (χ2v) is 11.5. The minimum atomic E-state index is -0.539. The summed E-state index contributed by atoms with van der Waals surface area (Å²) in [5, 5.41) is 4.62. The Bertz CT molecular complexity index is 1570. The number of rotatable bonds is 9. The SMILES string of the molecule is Cc1cc(C)n(CCCC2(C)COC(c3nc(-c4ccccc4)c(-c4ccccc4)n3Cc3ccccc3)OC2)n1. The van der Waals surface area contributed by atoms with E-state index in [1.54, 1.807) is 0 Å². The molecule has 6 nitrogen and oxygen atoms in total. The van der Waals surface area contributed by atoms with Gasteiger partial charge in [-0.05, 0) is 38.3 Å². The van der Waals surface area contributed by atoms with Gasteiger partial charge in [0.2, 0.25) is 6.29 Å². The molecule has 6 heteroatoms. The number of hydrogen-bond donors (Lipinski definition) is 0. The Morgan fingerprint density at radius 3 is 2.05 bits per heavy atom. The van der Waals surface area contributed by atoms with Crippen molar-refractivity contribution in [2.45, 2.75) is 53.0 Å². The van der Waals surface area contributed by atoms with E-state index in [0.29, 0.717) is 19.8 Å². The van der Waals surface area contributed by atoms with Crippen molar-refractivity contribution in [3.05, 3.63) is 120 Å². The van der Waals surface area contributed by atoms with Gasteiger partial charge in [-0.2, -0.15) is 5.10 Å². The van der Waals surface area contributed by atoms with Crippen molar-refractivity contribution in [3.63, 3.8) is 0 Å². The fraction of sp³-hybridized carbons (Fsp3) is 0.314. The van der Waals surface area contributed by atoms with Crippen LogP contribution in [0.3, 0.4) is 0 Å². The monoisotopic (exact) mass is 546 g/mol. The van der Waals surface area contributed by atoms with Crippen LogP contribution in [0, 0.1) is 19.3 Å². The number of ether oxygens (including phenoxy) is 2. The molecule has 0 bridgehead atoms. The smallest absolute Gasteiger partial charge is 0.217 e. The van der Waals surface area contributed by atoms with Crippen molar-refractivity contribution < 1.29 is 9.47 Å². The Balaban J connectivity index is 1.29. The van der Waals surface area contributed by atoms with E-state index in [0.717, 1.165) is 53.4 Å². The molecule has 0 atom stereocenters. The van der Waals surface area contributed by atoms with Gasteiger partial charge in [0.25, 0.3) is 0 Å². The maximum atomic E-state index is 6.50. The third-order valence-corrected chi connectivity index (χ3v) is 7.91. The molecule has 1 aliphatic heterocycles. The van der Waals surface area contributed by atoms with Crippen LogP contribution >= 0.6 is 0 Å². The summed E-state index contributed by atoms with van der Waals surface area (Å²) in [5.41, 5.74) is 7.61. The maximum absolute atomic E-state index is 6.50. The van der Waals surface area contributed by atoms with Crippen LogP contribution in [-0.4, -0.2) is 32.5 Å². The number of benzene rings is 3. The predicted octanol–water partition coefficient (Wildman–Crippen LogP) is 7.61. The fourth-order valence-corrected chi connectivity index (χ4v) is 5.76. The van der Waals surface area contributed by atoms with E-state index in [4.69, 9.17) is 14.5 Å². The van der Waals surface area contributed by atoms with E-state index in [-0.39, 0.29) is 5.41 Å². The van der Waals surface area contributed by atoms with Gasteiger partial charge in [-0.3, -0.25) is 4.68 Å². The largest absolute Gasteiger partial charge is 0.345 e. The zero-order valence-electron chi connectivity index (χ0n) is 24.2. The van der Waals surface area contributed by atoms with Crippen LogP contribution in [0.1, 0.15) is 48.8 Å². The van der Waals surface area contributed by atoms with Crippen LogP contribution in [0.4, 0.5) is 0 Å². The van der Waals surface area contributed by atoms with Gasteiger partial charge in [-0.1, -0.05) is 97.9 Å². The van der Waals surface area contributed by atoms with Crippen molar-refractivity contribution >= 4 is 0 Å². The predicted molar refractivity (Wildman–Crippen MR) is 162 cm³/mol. The van der Waals surface area contributed by atoms with E-state index < -0.39 is 6.29 Å². The summed E-state index contributed by atoms with van der Waals surface area (Å²) in [7, 11) is 0. The summed E-state index contributed by atoms with van der Waals surface area (Å²) in [5.74, 6) is 0.802. The minimum absolute atomic E-state index is 0.0615. The molecule has 3 aromatic carbocycles. The molecule has 41 heavy (non-hydrogen) atoms. The lowest BCUT2D eigenvalue weighted by molar-refractivity contribution is -0.236. The lowest BCUT2D eigenvalue weighted by Crippen LogP contribution is -2.37. The molecule has 0 aliphatic carbocycles. The molecule has 0 spiro atoms. The van der Waals surface area contributed by atoms with Crippen molar-refractivity contribution in [1.29, 1.82) is 0 Å². The molecule has 2 aromatic heterocycles. The average molecular weight is 547 g/mol. The topological polar surface area (TPSA) is 54.1 Å². The summed E-state index contributed by atoms with van der Waals surface area (Å²) in [6.07, 6.45) is 1.48. The molecule has 0 N–H and O–H groups in total. The third kappa shape index (κ3) is 6.04. The summed E-state index contributed by atoms with van der Waals surface area (Å²) in [6.45, 7) is 9.23. The second-order valence-electron chi connectivity index (χ2n) is 11.5. The van der Waals surface area contributed by atoms with E-state index in [2.05, 4.69) is 113 Å². The summed E-state index contributed by atoms with van der Waals surface area (Å²) in [4.78, 5) is 5.24. The highest BCUT2D eigenvalue weighted by atomic mass is 16.7. The number of aryl methyl sites for hydroxylation is 3. The van der Waals surface area contributed by atoms with Crippen molar-refractivity contribution in [1.82, 2.24) is 19.3 Å². The lowest BCUT2D eigenvalue weighted by atomic mass is 9.86. The highest BCUT2D eigenvalue weighted by Crippen LogP contribution is 2.39. The fourth-order valence-electron chi connectivity index (χ4n) is 5.76. The lowest BCUT2D eigenvalue weighted by Gasteiger charge is -2.37. The number of nitrogens with zero attached hydrogens (tertiary/aromatic N) is 4. The molecule has 1 fully saturated rings. The van der Waals surface area contributed by atoms with Crippen molar-refractivity contribution in [2.24, 2.45) is 5.41 Å². The van der Waals surface area contributed by atoms with Gasteiger partial charge in [0.15, 0.2) is 5.82 Å². The maximum Gasteiger partial charge on any atom is 0.217 e. The van der Waals surface area contributed by atoms with Gasteiger partial charge in [-0.15, -0.1) is 0 Å². The van der Waals surface area contributed by atoms with Gasteiger partial charge in [0, 0.05) is 35.3 Å². The molecular formula is C35H38N4O2. The van der Waals surface area contributed by atoms with Gasteiger partial charge in [-0.25, -0.2) is 4.98 Å². The van der Waals surface area contributed by atoms with Crippen LogP contribution in [0.5, 0.6) is 0 Å².